The van der Waals surface area contributed by atoms with Gasteiger partial charge in [-0.3, -0.25) is 9.59 Å². The first-order valence-corrected chi connectivity index (χ1v) is 12.0. The van der Waals surface area contributed by atoms with E-state index in [4.69, 9.17) is 0 Å². The topological polar surface area (TPSA) is 62.3 Å². The van der Waals surface area contributed by atoms with Crippen LogP contribution in [0.2, 0.25) is 0 Å². The number of likely N-dealkylation sites (tertiary alicyclic amines) is 1. The number of benzene rings is 2. The Labute approximate surface area is 199 Å². The van der Waals surface area contributed by atoms with Gasteiger partial charge in [0.25, 0.3) is 11.8 Å². The molecule has 1 saturated heterocycles. The lowest BCUT2D eigenvalue weighted by Crippen LogP contribution is -2.38. The molecule has 0 atom stereocenters. The third kappa shape index (κ3) is 5.14. The van der Waals surface area contributed by atoms with Crippen LogP contribution in [0.15, 0.2) is 53.9 Å². The summed E-state index contributed by atoms with van der Waals surface area (Å²) in [6.45, 7) is 3.48. The molecule has 4 rings (SSSR count). The molecular formula is C25H24F3N3O2S. The first kappa shape index (κ1) is 23.9. The normalized spacial score (nSPS) is 14.8. The van der Waals surface area contributed by atoms with Crippen molar-refractivity contribution in [3.63, 3.8) is 0 Å². The van der Waals surface area contributed by atoms with Gasteiger partial charge in [0.1, 0.15) is 5.69 Å². The predicted octanol–water partition coefficient (Wildman–Crippen LogP) is 5.60. The minimum Gasteiger partial charge on any atom is -0.351 e. The van der Waals surface area contributed by atoms with E-state index in [2.05, 4.69) is 10.3 Å². The van der Waals surface area contributed by atoms with Crippen LogP contribution in [-0.4, -0.2) is 41.3 Å². The van der Waals surface area contributed by atoms with Gasteiger partial charge in [-0.1, -0.05) is 30.3 Å². The van der Waals surface area contributed by atoms with Crippen LogP contribution in [0.3, 0.4) is 0 Å². The van der Waals surface area contributed by atoms with Crippen molar-refractivity contribution < 1.29 is 22.8 Å². The van der Waals surface area contributed by atoms with Crippen molar-refractivity contribution in [1.29, 1.82) is 0 Å². The predicted molar refractivity (Wildman–Crippen MR) is 125 cm³/mol. The van der Waals surface area contributed by atoms with Crippen molar-refractivity contribution in [2.24, 2.45) is 0 Å². The molecule has 2 amide bonds. The highest BCUT2D eigenvalue weighted by molar-refractivity contribution is 7.09. The molecule has 1 aliphatic rings. The first-order chi connectivity index (χ1) is 16.3. The van der Waals surface area contributed by atoms with Gasteiger partial charge in [-0.2, -0.15) is 13.2 Å². The van der Waals surface area contributed by atoms with Crippen molar-refractivity contribution in [3.05, 3.63) is 75.7 Å². The number of thiazole rings is 1. The van der Waals surface area contributed by atoms with E-state index in [1.54, 1.807) is 34.5 Å². The van der Waals surface area contributed by atoms with Crippen LogP contribution in [0, 0.1) is 0 Å². The number of carbonyl (C=O) groups excluding carboxylic acids is 2. The molecule has 2 heterocycles. The highest BCUT2D eigenvalue weighted by atomic mass is 32.1. The van der Waals surface area contributed by atoms with Gasteiger partial charge in [-0.15, -0.1) is 11.3 Å². The largest absolute Gasteiger partial charge is 0.416 e. The van der Waals surface area contributed by atoms with Crippen LogP contribution in [0.25, 0.3) is 11.1 Å². The van der Waals surface area contributed by atoms with E-state index >= 15 is 0 Å². The number of hydrogen-bond acceptors (Lipinski definition) is 4. The van der Waals surface area contributed by atoms with Gasteiger partial charge in [-0.05, 0) is 49.1 Å². The second-order valence-corrected chi connectivity index (χ2v) is 9.01. The van der Waals surface area contributed by atoms with Gasteiger partial charge in [0, 0.05) is 36.5 Å². The fourth-order valence-electron chi connectivity index (χ4n) is 4.09. The summed E-state index contributed by atoms with van der Waals surface area (Å²) in [5.41, 5.74) is 1.33. The Morgan fingerprint density at radius 1 is 1.09 bits per heavy atom. The number of aromatic nitrogens is 1. The number of piperidine rings is 1. The van der Waals surface area contributed by atoms with Gasteiger partial charge in [-0.25, -0.2) is 4.98 Å². The lowest BCUT2D eigenvalue weighted by atomic mass is 9.94. The molecule has 178 valence electrons. The summed E-state index contributed by atoms with van der Waals surface area (Å²) in [5, 5.41) is 5.41. The number of nitrogens with one attached hydrogen (secondary N) is 1. The smallest absolute Gasteiger partial charge is 0.351 e. The summed E-state index contributed by atoms with van der Waals surface area (Å²) in [6, 6.07) is 11.8. The molecule has 0 unspecified atom stereocenters. The maximum atomic E-state index is 13.3. The lowest BCUT2D eigenvalue weighted by molar-refractivity contribution is -0.137. The molecule has 0 saturated carbocycles. The molecular weight excluding hydrogens is 463 g/mol. The Hall–Kier alpha value is -3.20. The summed E-state index contributed by atoms with van der Waals surface area (Å²) >= 11 is 1.46. The molecule has 0 spiro atoms. The van der Waals surface area contributed by atoms with Gasteiger partial charge >= 0.3 is 6.18 Å². The van der Waals surface area contributed by atoms with Crippen LogP contribution in [0.4, 0.5) is 13.2 Å². The number of nitrogens with zero attached hydrogens (tertiary/aromatic N) is 2. The fourth-order valence-corrected chi connectivity index (χ4v) is 5.06. The van der Waals surface area contributed by atoms with E-state index in [0.29, 0.717) is 42.0 Å². The molecule has 34 heavy (non-hydrogen) atoms. The number of rotatable bonds is 5. The highest BCUT2D eigenvalue weighted by Crippen LogP contribution is 2.34. The van der Waals surface area contributed by atoms with Crippen LogP contribution in [0.1, 0.15) is 57.1 Å². The van der Waals surface area contributed by atoms with Gasteiger partial charge in [0.05, 0.1) is 10.6 Å². The van der Waals surface area contributed by atoms with Crippen LogP contribution in [-0.2, 0) is 6.18 Å². The van der Waals surface area contributed by atoms with E-state index < -0.39 is 11.7 Å². The molecule has 3 aromatic rings. The third-order valence-electron chi connectivity index (χ3n) is 5.90. The quantitative estimate of drug-likeness (QED) is 0.510. The zero-order valence-corrected chi connectivity index (χ0v) is 19.4. The van der Waals surface area contributed by atoms with E-state index in [0.717, 1.165) is 30.0 Å². The Kier molecular flexibility index (Phi) is 7.02. The fraction of sp³-hybridized carbons (Fsp3) is 0.320. The van der Waals surface area contributed by atoms with Gasteiger partial charge in [0.15, 0.2) is 0 Å². The maximum Gasteiger partial charge on any atom is 0.416 e. The summed E-state index contributed by atoms with van der Waals surface area (Å²) < 4.78 is 38.8. The number of amides is 2. The first-order valence-electron chi connectivity index (χ1n) is 11.1. The van der Waals surface area contributed by atoms with Crippen molar-refractivity contribution in [2.45, 2.75) is 31.9 Å². The maximum absolute atomic E-state index is 13.3. The Morgan fingerprint density at radius 3 is 2.41 bits per heavy atom. The van der Waals surface area contributed by atoms with Crippen LogP contribution in [0.5, 0.6) is 0 Å². The molecule has 0 radical (unpaired) electrons. The summed E-state index contributed by atoms with van der Waals surface area (Å²) in [4.78, 5) is 31.5. The van der Waals surface area contributed by atoms with Crippen molar-refractivity contribution in [2.75, 3.05) is 19.6 Å². The number of alkyl halides is 3. The molecule has 1 aliphatic heterocycles. The minimum atomic E-state index is -4.41. The molecule has 1 N–H and O–H groups in total. The van der Waals surface area contributed by atoms with Crippen molar-refractivity contribution >= 4 is 23.2 Å². The van der Waals surface area contributed by atoms with Gasteiger partial charge in [0.2, 0.25) is 0 Å². The van der Waals surface area contributed by atoms with E-state index in [1.807, 2.05) is 6.92 Å². The SMILES string of the molecule is CCNC(=O)c1csc(C2CCN(C(=O)c3ccccc3-c3ccc(C(F)(F)F)cc3)CC2)n1. The number of carbonyl (C=O) groups is 2. The van der Waals surface area contributed by atoms with Crippen molar-refractivity contribution in [3.8, 4) is 11.1 Å². The second kappa shape index (κ2) is 9.97. The molecule has 9 heteroatoms. The molecule has 5 nitrogen and oxygen atoms in total. The average Bonchev–Trinajstić information content (AvgIpc) is 3.34. The Morgan fingerprint density at radius 2 is 1.76 bits per heavy atom. The molecule has 1 fully saturated rings. The Bertz CT molecular complexity index is 1170. The summed E-state index contributed by atoms with van der Waals surface area (Å²) in [5.74, 6) is -0.143. The Balaban J connectivity index is 1.46. The van der Waals surface area contributed by atoms with Gasteiger partial charge < -0.3 is 10.2 Å². The van der Waals surface area contributed by atoms with Crippen molar-refractivity contribution in [1.82, 2.24) is 15.2 Å². The monoisotopic (exact) mass is 487 g/mol. The minimum absolute atomic E-state index is 0.143. The standard InChI is InChI=1S/C25H24F3N3O2S/c1-2-29-22(32)21-15-34-23(30-21)17-11-13-31(14-12-17)24(33)20-6-4-3-5-19(20)16-7-9-18(10-8-16)25(26,27)28/h3-10,15,17H,2,11-14H2,1H3,(H,29,32). The van der Waals surface area contributed by atoms with E-state index in [9.17, 15) is 22.8 Å². The molecule has 2 aromatic carbocycles. The van der Waals surface area contributed by atoms with E-state index in [-0.39, 0.29) is 17.7 Å². The second-order valence-electron chi connectivity index (χ2n) is 8.12. The number of hydrogen-bond donors (Lipinski definition) is 1. The zero-order valence-electron chi connectivity index (χ0n) is 18.6. The lowest BCUT2D eigenvalue weighted by Gasteiger charge is -2.31. The third-order valence-corrected chi connectivity index (χ3v) is 6.91. The number of halogens is 3. The molecule has 0 bridgehead atoms. The van der Waals surface area contributed by atoms with E-state index in [1.165, 1.54) is 23.5 Å². The van der Waals surface area contributed by atoms with Crippen LogP contribution >= 0.6 is 11.3 Å². The van der Waals surface area contributed by atoms with Crippen LogP contribution < -0.4 is 5.32 Å². The summed E-state index contributed by atoms with van der Waals surface area (Å²) in [6.07, 6.45) is -2.94. The zero-order chi connectivity index (χ0) is 24.3. The molecule has 0 aliphatic carbocycles. The highest BCUT2D eigenvalue weighted by Gasteiger charge is 2.31. The average molecular weight is 488 g/mol. The summed E-state index contributed by atoms with van der Waals surface area (Å²) in [7, 11) is 0. The molecule has 1 aromatic heterocycles.